The number of carbonyl (C=O) groups is 1. The highest BCUT2D eigenvalue weighted by molar-refractivity contribution is 5.85. The summed E-state index contributed by atoms with van der Waals surface area (Å²) in [5.41, 5.74) is 0. The van der Waals surface area contributed by atoms with E-state index >= 15 is 0 Å². The first-order valence-corrected chi connectivity index (χ1v) is 7.65. The van der Waals surface area contributed by atoms with Gasteiger partial charge in [-0.2, -0.15) is 0 Å². The molecule has 0 saturated carbocycles. The van der Waals surface area contributed by atoms with Crippen LogP contribution in [0.15, 0.2) is 24.3 Å². The van der Waals surface area contributed by atoms with Crippen LogP contribution in [0.2, 0.25) is 0 Å². The van der Waals surface area contributed by atoms with Crippen molar-refractivity contribution in [3.8, 4) is 11.5 Å². The van der Waals surface area contributed by atoms with Gasteiger partial charge < -0.3 is 20.1 Å². The Bertz CT molecular complexity index is 506. The molecule has 3 unspecified atom stereocenters. The molecule has 2 aliphatic rings. The average molecular weight is 327 g/mol. The van der Waals surface area contributed by atoms with Crippen LogP contribution < -0.4 is 20.1 Å². The van der Waals surface area contributed by atoms with Crippen LogP contribution in [0.4, 0.5) is 0 Å². The van der Waals surface area contributed by atoms with Crippen molar-refractivity contribution in [3.05, 3.63) is 24.3 Å². The number of benzene rings is 1. The molecule has 3 rings (SSSR count). The standard InChI is InChI=1S/C16H22N2O3.ClH/c1-11-15(21-14-5-3-2-4-13(14)20-11)16(19)18-9-7-12-6-8-17-10-12;/h2-5,11-12,15,17H,6-10H2,1H3,(H,18,19);1H. The first-order valence-electron chi connectivity index (χ1n) is 7.65. The Labute approximate surface area is 137 Å². The zero-order valence-electron chi connectivity index (χ0n) is 12.7. The molecule has 0 spiro atoms. The zero-order chi connectivity index (χ0) is 14.7. The number of carbonyl (C=O) groups excluding carboxylic acids is 1. The zero-order valence-corrected chi connectivity index (χ0v) is 13.5. The maximum absolute atomic E-state index is 12.3. The highest BCUT2D eigenvalue weighted by atomic mass is 35.5. The van der Waals surface area contributed by atoms with Crippen LogP contribution in [0.5, 0.6) is 11.5 Å². The van der Waals surface area contributed by atoms with Gasteiger partial charge in [-0.05, 0) is 50.9 Å². The molecule has 1 amide bonds. The van der Waals surface area contributed by atoms with E-state index in [1.54, 1.807) is 0 Å². The van der Waals surface area contributed by atoms with Gasteiger partial charge in [0.05, 0.1) is 0 Å². The van der Waals surface area contributed by atoms with E-state index in [1.165, 1.54) is 6.42 Å². The molecule has 1 fully saturated rings. The Kier molecular flexibility index (Phi) is 5.91. The smallest absolute Gasteiger partial charge is 0.265 e. The van der Waals surface area contributed by atoms with Crippen LogP contribution in [0.3, 0.4) is 0 Å². The molecule has 0 radical (unpaired) electrons. The number of ether oxygens (including phenoxy) is 2. The maximum Gasteiger partial charge on any atom is 0.265 e. The highest BCUT2D eigenvalue weighted by Gasteiger charge is 2.33. The second kappa shape index (κ2) is 7.70. The summed E-state index contributed by atoms with van der Waals surface area (Å²) >= 11 is 0. The van der Waals surface area contributed by atoms with Gasteiger partial charge in [0.1, 0.15) is 6.10 Å². The Hall–Kier alpha value is -1.46. The van der Waals surface area contributed by atoms with E-state index in [0.29, 0.717) is 24.0 Å². The molecule has 3 atom stereocenters. The predicted octanol–water partition coefficient (Wildman–Crippen LogP) is 1.75. The first kappa shape index (κ1) is 16.9. The molecule has 1 saturated heterocycles. The lowest BCUT2D eigenvalue weighted by molar-refractivity contribution is -0.133. The Balaban J connectivity index is 0.00000176. The van der Waals surface area contributed by atoms with Gasteiger partial charge in [-0.15, -0.1) is 12.4 Å². The maximum atomic E-state index is 12.3. The number of rotatable bonds is 4. The van der Waals surface area contributed by atoms with Crippen molar-refractivity contribution < 1.29 is 14.3 Å². The number of hydrogen-bond acceptors (Lipinski definition) is 4. The second-order valence-electron chi connectivity index (χ2n) is 5.75. The fourth-order valence-corrected chi connectivity index (χ4v) is 2.87. The van der Waals surface area contributed by atoms with E-state index in [9.17, 15) is 4.79 Å². The lowest BCUT2D eigenvalue weighted by Gasteiger charge is -2.31. The fraction of sp³-hybridized carbons (Fsp3) is 0.562. The van der Waals surface area contributed by atoms with Gasteiger partial charge in [0.15, 0.2) is 11.5 Å². The highest BCUT2D eigenvalue weighted by Crippen LogP contribution is 2.33. The largest absolute Gasteiger partial charge is 0.482 e. The van der Waals surface area contributed by atoms with Crippen LogP contribution >= 0.6 is 12.4 Å². The summed E-state index contributed by atoms with van der Waals surface area (Å²) in [7, 11) is 0. The van der Waals surface area contributed by atoms with Crippen LogP contribution in [0, 0.1) is 5.92 Å². The molecule has 2 N–H and O–H groups in total. The molecular formula is C16H23ClN2O3. The van der Waals surface area contributed by atoms with Gasteiger partial charge >= 0.3 is 0 Å². The fourth-order valence-electron chi connectivity index (χ4n) is 2.87. The monoisotopic (exact) mass is 326 g/mol. The number of para-hydroxylation sites is 2. The molecule has 122 valence electrons. The minimum Gasteiger partial charge on any atom is -0.482 e. The SMILES string of the molecule is CC1Oc2ccccc2OC1C(=O)NCCC1CCNC1.Cl. The van der Waals surface area contributed by atoms with Crippen molar-refractivity contribution in [3.63, 3.8) is 0 Å². The quantitative estimate of drug-likeness (QED) is 0.885. The molecule has 2 aliphatic heterocycles. The first-order chi connectivity index (χ1) is 10.2. The lowest BCUT2D eigenvalue weighted by atomic mass is 10.1. The number of nitrogens with one attached hydrogen (secondary N) is 2. The van der Waals surface area contributed by atoms with Crippen molar-refractivity contribution in [1.29, 1.82) is 0 Å². The predicted molar refractivity (Wildman–Crippen MR) is 86.8 cm³/mol. The Morgan fingerprint density at radius 1 is 1.32 bits per heavy atom. The summed E-state index contributed by atoms with van der Waals surface area (Å²) in [6.07, 6.45) is 1.34. The van der Waals surface area contributed by atoms with E-state index in [4.69, 9.17) is 9.47 Å². The Morgan fingerprint density at radius 3 is 2.73 bits per heavy atom. The summed E-state index contributed by atoms with van der Waals surface area (Å²) < 4.78 is 11.5. The molecule has 5 nitrogen and oxygen atoms in total. The summed E-state index contributed by atoms with van der Waals surface area (Å²) in [4.78, 5) is 12.3. The van der Waals surface area contributed by atoms with Crippen LogP contribution in [0.1, 0.15) is 19.8 Å². The van der Waals surface area contributed by atoms with Crippen molar-refractivity contribution in [2.24, 2.45) is 5.92 Å². The molecule has 0 aliphatic carbocycles. The molecule has 2 heterocycles. The molecule has 1 aromatic carbocycles. The molecule has 22 heavy (non-hydrogen) atoms. The summed E-state index contributed by atoms with van der Waals surface area (Å²) in [6.45, 7) is 4.70. The number of halogens is 1. The van der Waals surface area contributed by atoms with Gasteiger partial charge in [-0.3, -0.25) is 4.79 Å². The van der Waals surface area contributed by atoms with Crippen LogP contribution in [-0.2, 0) is 4.79 Å². The summed E-state index contributed by atoms with van der Waals surface area (Å²) in [5, 5.41) is 6.30. The average Bonchev–Trinajstić information content (AvgIpc) is 2.99. The van der Waals surface area contributed by atoms with Crippen LogP contribution in [0.25, 0.3) is 0 Å². The van der Waals surface area contributed by atoms with Gasteiger partial charge in [0, 0.05) is 6.54 Å². The molecular weight excluding hydrogens is 304 g/mol. The van der Waals surface area contributed by atoms with Gasteiger partial charge in [-0.1, -0.05) is 12.1 Å². The lowest BCUT2D eigenvalue weighted by Crippen LogP contribution is -2.49. The van der Waals surface area contributed by atoms with Crippen molar-refractivity contribution in [2.75, 3.05) is 19.6 Å². The minimum atomic E-state index is -0.582. The molecule has 0 bridgehead atoms. The van der Waals surface area contributed by atoms with E-state index < -0.39 is 6.10 Å². The van der Waals surface area contributed by atoms with Crippen molar-refractivity contribution >= 4 is 18.3 Å². The minimum absolute atomic E-state index is 0. The van der Waals surface area contributed by atoms with E-state index in [0.717, 1.165) is 19.5 Å². The number of amides is 1. The van der Waals surface area contributed by atoms with Crippen molar-refractivity contribution in [2.45, 2.75) is 32.0 Å². The van der Waals surface area contributed by atoms with E-state index in [1.807, 2.05) is 31.2 Å². The van der Waals surface area contributed by atoms with Crippen LogP contribution in [-0.4, -0.2) is 37.7 Å². The summed E-state index contributed by atoms with van der Waals surface area (Å²) in [5.74, 6) is 1.91. The second-order valence-corrected chi connectivity index (χ2v) is 5.75. The number of fused-ring (bicyclic) bond motifs is 1. The third-order valence-electron chi connectivity index (χ3n) is 4.11. The number of hydrogen-bond donors (Lipinski definition) is 2. The van der Waals surface area contributed by atoms with Gasteiger partial charge in [0.25, 0.3) is 5.91 Å². The topological polar surface area (TPSA) is 59.6 Å². The van der Waals surface area contributed by atoms with Crippen molar-refractivity contribution in [1.82, 2.24) is 10.6 Å². The normalized spacial score (nSPS) is 26.1. The molecule has 0 aromatic heterocycles. The van der Waals surface area contributed by atoms with Gasteiger partial charge in [0.2, 0.25) is 6.10 Å². The Morgan fingerprint density at radius 2 is 2.05 bits per heavy atom. The third kappa shape index (κ3) is 3.84. The molecule has 6 heteroatoms. The molecule has 1 aromatic rings. The van der Waals surface area contributed by atoms with E-state index in [-0.39, 0.29) is 24.4 Å². The third-order valence-corrected chi connectivity index (χ3v) is 4.11. The van der Waals surface area contributed by atoms with E-state index in [2.05, 4.69) is 10.6 Å². The van der Waals surface area contributed by atoms with Gasteiger partial charge in [-0.25, -0.2) is 0 Å². The summed E-state index contributed by atoms with van der Waals surface area (Å²) in [6, 6.07) is 7.45.